The molecule has 2 aromatic carbocycles. The van der Waals surface area contributed by atoms with E-state index in [4.69, 9.17) is 4.74 Å². The zero-order valence-electron chi connectivity index (χ0n) is 16.4. The monoisotopic (exact) mass is 420 g/mol. The fraction of sp³-hybridized carbons (Fsp3) is 0.182. The van der Waals surface area contributed by atoms with Crippen molar-refractivity contribution in [3.63, 3.8) is 0 Å². The van der Waals surface area contributed by atoms with Crippen LogP contribution in [-0.4, -0.2) is 20.5 Å². The summed E-state index contributed by atoms with van der Waals surface area (Å²) in [6, 6.07) is 17.5. The van der Waals surface area contributed by atoms with Crippen LogP contribution in [0.4, 0.5) is 5.69 Å². The third-order valence-corrected chi connectivity index (χ3v) is 5.29. The van der Waals surface area contributed by atoms with E-state index in [9.17, 15) is 9.59 Å². The Hall–Kier alpha value is -3.52. The maximum absolute atomic E-state index is 12.3. The molecule has 4 aromatic rings. The van der Waals surface area contributed by atoms with Crippen LogP contribution < -0.4 is 15.6 Å². The number of aromatic nitrogens is 3. The lowest BCUT2D eigenvalue weighted by molar-refractivity contribution is 0.102. The Bertz CT molecular complexity index is 1230. The summed E-state index contributed by atoms with van der Waals surface area (Å²) in [6.45, 7) is 2.21. The molecule has 0 aliphatic carbocycles. The number of hydrogen-bond donors (Lipinski definition) is 1. The van der Waals surface area contributed by atoms with Crippen LogP contribution in [0.25, 0.3) is 4.96 Å². The Morgan fingerprint density at radius 3 is 2.77 bits per heavy atom. The van der Waals surface area contributed by atoms with E-state index in [1.807, 2.05) is 18.2 Å². The molecule has 0 spiro atoms. The van der Waals surface area contributed by atoms with Crippen molar-refractivity contribution in [2.24, 2.45) is 0 Å². The van der Waals surface area contributed by atoms with Gasteiger partial charge in [-0.05, 0) is 30.7 Å². The van der Waals surface area contributed by atoms with Crippen molar-refractivity contribution < 1.29 is 9.53 Å². The van der Waals surface area contributed by atoms with Gasteiger partial charge >= 0.3 is 0 Å². The van der Waals surface area contributed by atoms with E-state index in [0.29, 0.717) is 27.7 Å². The summed E-state index contributed by atoms with van der Waals surface area (Å²) < 4.78 is 7.13. The van der Waals surface area contributed by atoms with Crippen molar-refractivity contribution in [3.8, 4) is 5.75 Å². The van der Waals surface area contributed by atoms with Gasteiger partial charge < -0.3 is 10.1 Å². The van der Waals surface area contributed by atoms with Crippen LogP contribution in [-0.2, 0) is 13.0 Å². The largest absolute Gasteiger partial charge is 0.487 e. The van der Waals surface area contributed by atoms with Crippen molar-refractivity contribution in [2.45, 2.75) is 26.4 Å². The first-order valence-corrected chi connectivity index (χ1v) is 10.4. The summed E-state index contributed by atoms with van der Waals surface area (Å²) in [5.74, 6) is 0.375. The third-order valence-electron chi connectivity index (χ3n) is 4.32. The number of rotatable bonds is 7. The molecule has 8 heteroatoms. The second-order valence-corrected chi connectivity index (χ2v) is 7.70. The van der Waals surface area contributed by atoms with Gasteiger partial charge in [-0.1, -0.05) is 42.5 Å². The minimum absolute atomic E-state index is 0.142. The van der Waals surface area contributed by atoms with Gasteiger partial charge in [-0.2, -0.15) is 9.61 Å². The van der Waals surface area contributed by atoms with Crippen LogP contribution >= 0.6 is 11.3 Å². The molecular weight excluding hydrogens is 400 g/mol. The molecule has 0 radical (unpaired) electrons. The Morgan fingerprint density at radius 2 is 1.97 bits per heavy atom. The number of nitrogens with one attached hydrogen (secondary N) is 1. The zero-order chi connectivity index (χ0) is 20.9. The fourth-order valence-corrected chi connectivity index (χ4v) is 3.92. The summed E-state index contributed by atoms with van der Waals surface area (Å²) in [7, 11) is 0. The molecule has 0 saturated heterocycles. The number of amides is 1. The Morgan fingerprint density at radius 1 is 1.13 bits per heavy atom. The summed E-state index contributed by atoms with van der Waals surface area (Å²) in [5.41, 5.74) is 1.51. The van der Waals surface area contributed by atoms with E-state index in [2.05, 4.69) is 22.3 Å². The minimum atomic E-state index is -0.221. The number of anilines is 1. The lowest BCUT2D eigenvalue weighted by Gasteiger charge is -2.09. The number of nitrogens with zero attached hydrogens (tertiary/aromatic N) is 3. The van der Waals surface area contributed by atoms with Crippen molar-refractivity contribution in [1.82, 2.24) is 14.6 Å². The van der Waals surface area contributed by atoms with E-state index < -0.39 is 0 Å². The van der Waals surface area contributed by atoms with Crippen LogP contribution in [0.5, 0.6) is 5.75 Å². The molecule has 1 amide bonds. The molecule has 0 bridgehead atoms. The minimum Gasteiger partial charge on any atom is -0.487 e. The summed E-state index contributed by atoms with van der Waals surface area (Å²) in [4.78, 5) is 29.7. The highest BCUT2D eigenvalue weighted by atomic mass is 32.1. The van der Waals surface area contributed by atoms with Crippen LogP contribution in [0.1, 0.15) is 34.4 Å². The summed E-state index contributed by atoms with van der Waals surface area (Å²) in [5, 5.41) is 8.05. The maximum Gasteiger partial charge on any atom is 0.275 e. The van der Waals surface area contributed by atoms with Gasteiger partial charge in [0.05, 0.1) is 5.69 Å². The van der Waals surface area contributed by atoms with Crippen molar-refractivity contribution in [2.75, 3.05) is 5.32 Å². The van der Waals surface area contributed by atoms with Crippen molar-refractivity contribution in [1.29, 1.82) is 0 Å². The molecule has 0 atom stereocenters. The van der Waals surface area contributed by atoms with Gasteiger partial charge in [0.25, 0.3) is 11.5 Å². The van der Waals surface area contributed by atoms with Gasteiger partial charge in [0, 0.05) is 29.8 Å². The van der Waals surface area contributed by atoms with Crippen molar-refractivity contribution >= 4 is 27.9 Å². The lowest BCUT2D eigenvalue weighted by atomic mass is 10.2. The molecule has 4 rings (SSSR count). The first-order chi connectivity index (χ1) is 14.6. The van der Waals surface area contributed by atoms with E-state index in [0.717, 1.165) is 17.8 Å². The molecule has 2 heterocycles. The highest BCUT2D eigenvalue weighted by Gasteiger charge is 2.10. The fourth-order valence-electron chi connectivity index (χ4n) is 2.90. The molecule has 0 saturated carbocycles. The number of aryl methyl sites for hydroxylation is 1. The number of ether oxygens (including phenoxy) is 1. The number of carbonyl (C=O) groups excluding carboxylic acids is 1. The van der Waals surface area contributed by atoms with E-state index in [1.165, 1.54) is 21.9 Å². The Labute approximate surface area is 177 Å². The van der Waals surface area contributed by atoms with E-state index in [1.54, 1.807) is 36.4 Å². The van der Waals surface area contributed by atoms with Gasteiger partial charge in [-0.15, -0.1) is 0 Å². The molecular formula is C22H20N4O3S. The molecule has 0 aliphatic heterocycles. The molecule has 30 heavy (non-hydrogen) atoms. The Balaban J connectivity index is 1.45. The first-order valence-electron chi connectivity index (χ1n) is 9.60. The summed E-state index contributed by atoms with van der Waals surface area (Å²) in [6.07, 6.45) is 1.78. The number of carbonyl (C=O) groups is 1. The van der Waals surface area contributed by atoms with Gasteiger partial charge in [0.2, 0.25) is 4.96 Å². The van der Waals surface area contributed by atoms with Crippen LogP contribution in [0.15, 0.2) is 65.5 Å². The van der Waals surface area contributed by atoms with Crippen molar-refractivity contribution in [3.05, 3.63) is 87.3 Å². The smallest absolute Gasteiger partial charge is 0.275 e. The summed E-state index contributed by atoms with van der Waals surface area (Å²) >= 11 is 1.42. The van der Waals surface area contributed by atoms with Gasteiger partial charge in [-0.3, -0.25) is 9.59 Å². The predicted octanol–water partition coefficient (Wildman–Crippen LogP) is 3.93. The maximum atomic E-state index is 12.3. The first kappa shape index (κ1) is 19.8. The lowest BCUT2D eigenvalue weighted by Crippen LogP contribution is -2.16. The number of fused-ring (bicyclic) bond motifs is 1. The topological polar surface area (TPSA) is 85.6 Å². The molecule has 0 aliphatic rings. The van der Waals surface area contributed by atoms with Gasteiger partial charge in [0.15, 0.2) is 0 Å². The van der Waals surface area contributed by atoms with E-state index >= 15 is 0 Å². The second-order valence-electron chi connectivity index (χ2n) is 6.66. The normalized spacial score (nSPS) is 10.8. The third kappa shape index (κ3) is 4.55. The van der Waals surface area contributed by atoms with Gasteiger partial charge in [0.1, 0.15) is 17.4 Å². The average Bonchev–Trinajstić information content (AvgIpc) is 3.17. The molecule has 7 nitrogen and oxygen atoms in total. The number of benzene rings is 2. The van der Waals surface area contributed by atoms with Crippen LogP contribution in [0.2, 0.25) is 0 Å². The SMILES string of the molecule is CCCc1nn2c(=O)cc(COc3cccc(NC(=O)c4ccccc4)c3)nc2s1. The molecule has 2 aromatic heterocycles. The molecule has 0 fully saturated rings. The highest BCUT2D eigenvalue weighted by Crippen LogP contribution is 2.19. The predicted molar refractivity (Wildman–Crippen MR) is 116 cm³/mol. The number of hydrogen-bond acceptors (Lipinski definition) is 6. The zero-order valence-corrected chi connectivity index (χ0v) is 17.2. The molecule has 152 valence electrons. The van der Waals surface area contributed by atoms with Crippen LogP contribution in [0.3, 0.4) is 0 Å². The second kappa shape index (κ2) is 8.87. The van der Waals surface area contributed by atoms with E-state index in [-0.39, 0.29) is 18.1 Å². The van der Waals surface area contributed by atoms with Gasteiger partial charge in [-0.25, -0.2) is 4.98 Å². The average molecular weight is 420 g/mol. The molecule has 0 unspecified atom stereocenters. The quantitative estimate of drug-likeness (QED) is 0.490. The Kier molecular flexibility index (Phi) is 5.85. The highest BCUT2D eigenvalue weighted by molar-refractivity contribution is 7.16. The molecule has 1 N–H and O–H groups in total. The van der Waals surface area contributed by atoms with Crippen LogP contribution in [0, 0.1) is 0 Å². The standard InChI is InChI=1S/C22H20N4O3S/c1-2-7-19-25-26-20(27)13-17(24-22(26)30-19)14-29-18-11-6-10-16(12-18)23-21(28)15-8-4-3-5-9-15/h3-6,8-13H,2,7,14H2,1H3,(H,23,28).